The van der Waals surface area contributed by atoms with Crippen molar-refractivity contribution in [1.82, 2.24) is 9.80 Å². The Kier molecular flexibility index (Phi) is 5.89. The number of non-ortho nitro benzene ring substituents is 1. The van der Waals surface area contributed by atoms with Gasteiger partial charge in [-0.3, -0.25) is 19.8 Å². The average Bonchev–Trinajstić information content (AvgIpc) is 2.55. The van der Waals surface area contributed by atoms with Gasteiger partial charge >= 0.3 is 0 Å². The Morgan fingerprint density at radius 2 is 1.96 bits per heavy atom. The van der Waals surface area contributed by atoms with Crippen molar-refractivity contribution in [3.63, 3.8) is 0 Å². The van der Waals surface area contributed by atoms with E-state index in [0.29, 0.717) is 12.2 Å². The van der Waals surface area contributed by atoms with Gasteiger partial charge in [-0.2, -0.15) is 0 Å². The van der Waals surface area contributed by atoms with E-state index in [0.717, 1.165) is 32.7 Å². The van der Waals surface area contributed by atoms with E-state index in [9.17, 15) is 14.9 Å². The Hall–Kier alpha value is -2.19. The SMILES string of the molecule is CCN1CCN(CC(=O)Nc2ccc([N+](=O)[O-])cc2OC)CC1. The van der Waals surface area contributed by atoms with E-state index >= 15 is 0 Å². The number of likely N-dealkylation sites (N-methyl/N-ethyl adjacent to an activating group) is 1. The maximum Gasteiger partial charge on any atom is 0.273 e. The molecule has 2 rings (SSSR count). The topological polar surface area (TPSA) is 88.0 Å². The molecule has 0 aromatic heterocycles. The molecule has 1 N–H and O–H groups in total. The van der Waals surface area contributed by atoms with Crippen LogP contribution in [0.2, 0.25) is 0 Å². The largest absolute Gasteiger partial charge is 0.494 e. The van der Waals surface area contributed by atoms with Crippen LogP contribution in [0.15, 0.2) is 18.2 Å². The van der Waals surface area contributed by atoms with Gasteiger partial charge in [-0.1, -0.05) is 6.92 Å². The van der Waals surface area contributed by atoms with Gasteiger partial charge in [-0.25, -0.2) is 0 Å². The third kappa shape index (κ3) is 4.64. The highest BCUT2D eigenvalue weighted by molar-refractivity contribution is 5.93. The van der Waals surface area contributed by atoms with Crippen molar-refractivity contribution >= 4 is 17.3 Å². The second kappa shape index (κ2) is 7.89. The van der Waals surface area contributed by atoms with Crippen LogP contribution in [0.5, 0.6) is 5.75 Å². The number of ether oxygens (including phenoxy) is 1. The number of methoxy groups -OCH3 is 1. The first-order valence-electron chi connectivity index (χ1n) is 7.60. The quantitative estimate of drug-likeness (QED) is 0.625. The summed E-state index contributed by atoms with van der Waals surface area (Å²) in [6, 6.07) is 4.14. The third-order valence-corrected chi connectivity index (χ3v) is 3.95. The van der Waals surface area contributed by atoms with Crippen molar-refractivity contribution in [1.29, 1.82) is 0 Å². The summed E-state index contributed by atoms with van der Waals surface area (Å²) < 4.78 is 5.12. The summed E-state index contributed by atoms with van der Waals surface area (Å²) in [6.45, 7) is 7.10. The van der Waals surface area contributed by atoms with Crippen molar-refractivity contribution in [2.75, 3.05) is 51.7 Å². The molecule has 1 aliphatic rings. The summed E-state index contributed by atoms with van der Waals surface area (Å²) in [4.78, 5) is 26.9. The number of nitro benzene ring substituents is 1. The number of amides is 1. The van der Waals surface area contributed by atoms with Gasteiger partial charge in [0.25, 0.3) is 5.69 Å². The van der Waals surface area contributed by atoms with Crippen molar-refractivity contribution in [3.05, 3.63) is 28.3 Å². The molecule has 1 heterocycles. The van der Waals surface area contributed by atoms with E-state index in [2.05, 4.69) is 22.0 Å². The number of piperazine rings is 1. The number of carbonyl (C=O) groups is 1. The number of rotatable bonds is 6. The number of nitro groups is 1. The third-order valence-electron chi connectivity index (χ3n) is 3.95. The fourth-order valence-corrected chi connectivity index (χ4v) is 2.55. The van der Waals surface area contributed by atoms with Crippen molar-refractivity contribution in [3.8, 4) is 5.75 Å². The van der Waals surface area contributed by atoms with Crippen LogP contribution in [0.4, 0.5) is 11.4 Å². The Labute approximate surface area is 135 Å². The molecular formula is C15H22N4O4. The molecule has 0 saturated carbocycles. The molecule has 0 unspecified atom stereocenters. The van der Waals surface area contributed by atoms with Crippen LogP contribution < -0.4 is 10.1 Å². The van der Waals surface area contributed by atoms with E-state index in [4.69, 9.17) is 4.74 Å². The predicted molar refractivity (Wildman–Crippen MR) is 86.8 cm³/mol. The van der Waals surface area contributed by atoms with Gasteiger partial charge in [0.2, 0.25) is 5.91 Å². The monoisotopic (exact) mass is 322 g/mol. The normalized spacial score (nSPS) is 16.1. The number of hydrogen-bond acceptors (Lipinski definition) is 6. The number of anilines is 1. The highest BCUT2D eigenvalue weighted by Gasteiger charge is 2.19. The highest BCUT2D eigenvalue weighted by atomic mass is 16.6. The summed E-state index contributed by atoms with van der Waals surface area (Å²) in [5, 5.41) is 13.5. The van der Waals surface area contributed by atoms with Gasteiger partial charge in [-0.05, 0) is 12.6 Å². The van der Waals surface area contributed by atoms with Crippen LogP contribution in [0, 0.1) is 10.1 Å². The standard InChI is InChI=1S/C15H22N4O4/c1-3-17-6-8-18(9-7-17)11-15(20)16-13-5-4-12(19(21)22)10-14(13)23-2/h4-5,10H,3,6-9,11H2,1-2H3,(H,16,20). The minimum atomic E-state index is -0.499. The zero-order valence-corrected chi connectivity index (χ0v) is 13.4. The number of hydrogen-bond donors (Lipinski definition) is 1. The predicted octanol–water partition coefficient (Wildman–Crippen LogP) is 1.18. The minimum absolute atomic E-state index is 0.0736. The zero-order chi connectivity index (χ0) is 16.8. The molecular weight excluding hydrogens is 300 g/mol. The Morgan fingerprint density at radius 3 is 2.52 bits per heavy atom. The van der Waals surface area contributed by atoms with Gasteiger partial charge in [0.15, 0.2) is 0 Å². The van der Waals surface area contributed by atoms with Crippen LogP contribution >= 0.6 is 0 Å². The number of nitrogens with one attached hydrogen (secondary N) is 1. The summed E-state index contributed by atoms with van der Waals surface area (Å²) >= 11 is 0. The van der Waals surface area contributed by atoms with E-state index in [1.807, 2.05) is 0 Å². The molecule has 0 spiro atoms. The van der Waals surface area contributed by atoms with Gasteiger partial charge in [-0.15, -0.1) is 0 Å². The number of carbonyl (C=O) groups excluding carboxylic acids is 1. The van der Waals surface area contributed by atoms with Crippen molar-refractivity contribution in [2.45, 2.75) is 6.92 Å². The molecule has 8 nitrogen and oxygen atoms in total. The van der Waals surface area contributed by atoms with Crippen molar-refractivity contribution in [2.24, 2.45) is 0 Å². The molecule has 0 atom stereocenters. The molecule has 1 fully saturated rings. The first-order chi connectivity index (χ1) is 11.0. The molecule has 0 bridgehead atoms. The maximum absolute atomic E-state index is 12.2. The lowest BCUT2D eigenvalue weighted by molar-refractivity contribution is -0.384. The van der Waals surface area contributed by atoms with Gasteiger partial charge in [0, 0.05) is 32.2 Å². The van der Waals surface area contributed by atoms with Crippen LogP contribution in [0.3, 0.4) is 0 Å². The molecule has 23 heavy (non-hydrogen) atoms. The Balaban J connectivity index is 1.94. The first-order valence-corrected chi connectivity index (χ1v) is 7.60. The fourth-order valence-electron chi connectivity index (χ4n) is 2.55. The maximum atomic E-state index is 12.2. The molecule has 126 valence electrons. The van der Waals surface area contributed by atoms with Gasteiger partial charge < -0.3 is 15.0 Å². The molecule has 0 aliphatic carbocycles. The lowest BCUT2D eigenvalue weighted by Gasteiger charge is -2.33. The summed E-state index contributed by atoms with van der Waals surface area (Å²) in [6.07, 6.45) is 0. The summed E-state index contributed by atoms with van der Waals surface area (Å²) in [5.41, 5.74) is 0.367. The van der Waals surface area contributed by atoms with Gasteiger partial charge in [0.1, 0.15) is 5.75 Å². The molecule has 1 aromatic carbocycles. The Morgan fingerprint density at radius 1 is 1.30 bits per heavy atom. The molecule has 1 aliphatic heterocycles. The molecule has 1 saturated heterocycles. The molecule has 1 aromatic rings. The smallest absolute Gasteiger partial charge is 0.273 e. The van der Waals surface area contributed by atoms with Crippen LogP contribution in [0.1, 0.15) is 6.92 Å². The van der Waals surface area contributed by atoms with Crippen LogP contribution in [0.25, 0.3) is 0 Å². The lowest BCUT2D eigenvalue weighted by atomic mass is 10.2. The molecule has 1 amide bonds. The van der Waals surface area contributed by atoms with E-state index in [-0.39, 0.29) is 17.3 Å². The highest BCUT2D eigenvalue weighted by Crippen LogP contribution is 2.28. The Bertz CT molecular complexity index is 571. The van der Waals surface area contributed by atoms with Crippen molar-refractivity contribution < 1.29 is 14.5 Å². The van der Waals surface area contributed by atoms with E-state index < -0.39 is 4.92 Å². The zero-order valence-electron chi connectivity index (χ0n) is 13.4. The lowest BCUT2D eigenvalue weighted by Crippen LogP contribution is -2.48. The first kappa shape index (κ1) is 17.2. The van der Waals surface area contributed by atoms with Gasteiger partial charge in [0.05, 0.1) is 30.3 Å². The molecule has 0 radical (unpaired) electrons. The molecule has 8 heteroatoms. The second-order valence-electron chi connectivity index (χ2n) is 5.40. The van der Waals surface area contributed by atoms with E-state index in [1.54, 1.807) is 0 Å². The average molecular weight is 322 g/mol. The fraction of sp³-hybridized carbons (Fsp3) is 0.533. The number of nitrogens with zero attached hydrogens (tertiary/aromatic N) is 3. The van der Waals surface area contributed by atoms with Crippen LogP contribution in [-0.2, 0) is 4.79 Å². The number of benzene rings is 1. The van der Waals surface area contributed by atoms with Crippen LogP contribution in [-0.4, -0.2) is 67.0 Å². The second-order valence-corrected chi connectivity index (χ2v) is 5.40. The summed E-state index contributed by atoms with van der Waals surface area (Å²) in [5.74, 6) is 0.130. The minimum Gasteiger partial charge on any atom is -0.494 e. The van der Waals surface area contributed by atoms with E-state index in [1.165, 1.54) is 25.3 Å². The summed E-state index contributed by atoms with van der Waals surface area (Å²) in [7, 11) is 1.42.